The molecule has 1 heterocycles. The molecule has 0 unspecified atom stereocenters. The second kappa shape index (κ2) is 9.45. The number of urea groups is 1. The largest absolute Gasteiger partial charge is 1.00 e. The molecular weight excluding hydrogens is 401 g/mol. The molecule has 4 rings (SSSR count). The molecule has 1 aromatic rings. The number of rotatable bonds is 4. The number of nitrogens with zero attached hydrogens (tertiary/aromatic N) is 2. The van der Waals surface area contributed by atoms with Gasteiger partial charge in [-0.25, -0.2) is 8.42 Å². The van der Waals surface area contributed by atoms with E-state index < -0.39 is 16.1 Å². The van der Waals surface area contributed by atoms with E-state index in [9.17, 15) is 13.2 Å². The maximum atomic E-state index is 12.5. The van der Waals surface area contributed by atoms with Crippen molar-refractivity contribution >= 4 is 21.7 Å². The summed E-state index contributed by atoms with van der Waals surface area (Å²) in [7, 11) is -1.71. The molecule has 0 saturated carbocycles. The molecule has 1 aliphatic heterocycles. The Hall–Kier alpha value is 0.0364. The topological polar surface area (TPSA) is 80.6 Å². The average molecular weight is 430 g/mol. The molecule has 0 spiro atoms. The number of benzene rings is 1. The van der Waals surface area contributed by atoms with Crippen LogP contribution >= 0.6 is 0 Å². The van der Waals surface area contributed by atoms with Gasteiger partial charge in [0.1, 0.15) is 0 Å². The van der Waals surface area contributed by atoms with Gasteiger partial charge in [0.15, 0.2) is 16.1 Å². The Balaban J connectivity index is 0.00000225. The molecule has 3 aliphatic rings. The van der Waals surface area contributed by atoms with Crippen molar-refractivity contribution in [2.24, 2.45) is 5.92 Å². The van der Waals surface area contributed by atoms with Crippen molar-refractivity contribution in [3.05, 3.63) is 33.0 Å². The molecule has 1 aromatic carbocycles. The molecule has 1 fully saturated rings. The summed E-state index contributed by atoms with van der Waals surface area (Å²) < 4.78 is 28.4. The smallest absolute Gasteiger partial charge is 0.423 e. The Labute approximate surface area is 210 Å². The standard InChI is InChI=1S/C20H29N3O3S.K/c1-23-10-8-14(9-11-23)13-27(25,26)22-20(24)21-19-17-6-2-4-15(17)12-16-5-3-7-18(16)19;/h12,14H,2-11,13H2,1H3,(H2,21,22,24);/q;+1/p-1. The molecule has 6 nitrogen and oxygen atoms in total. The van der Waals surface area contributed by atoms with Gasteiger partial charge in [-0.15, -0.1) is 0 Å². The molecule has 2 amide bonds. The fourth-order valence-corrected chi connectivity index (χ4v) is 6.09. The maximum absolute atomic E-state index is 12.5. The van der Waals surface area contributed by atoms with Crippen LogP contribution in [0.15, 0.2) is 6.07 Å². The molecule has 0 aromatic heterocycles. The zero-order chi connectivity index (χ0) is 19.0. The van der Waals surface area contributed by atoms with Gasteiger partial charge in [0.05, 0.1) is 5.75 Å². The quantitative estimate of drug-likeness (QED) is 0.696. The predicted molar refractivity (Wildman–Crippen MR) is 107 cm³/mol. The number of amides is 2. The van der Waals surface area contributed by atoms with Crippen molar-refractivity contribution in [3.63, 3.8) is 0 Å². The van der Waals surface area contributed by atoms with Crippen molar-refractivity contribution in [2.75, 3.05) is 31.2 Å². The number of carbonyl (C=O) groups is 1. The summed E-state index contributed by atoms with van der Waals surface area (Å²) in [5.74, 6) is 0.0622. The van der Waals surface area contributed by atoms with Crippen LogP contribution in [-0.2, 0) is 35.7 Å². The van der Waals surface area contributed by atoms with Gasteiger partial charge < -0.3 is 14.9 Å². The summed E-state index contributed by atoms with van der Waals surface area (Å²) in [4.78, 5) is 14.7. The van der Waals surface area contributed by atoms with Gasteiger partial charge >= 0.3 is 51.4 Å². The van der Waals surface area contributed by atoms with Crippen molar-refractivity contribution in [2.45, 2.75) is 51.4 Å². The van der Waals surface area contributed by atoms with Crippen LogP contribution in [0.2, 0.25) is 0 Å². The summed E-state index contributed by atoms with van der Waals surface area (Å²) in [6.07, 6.45) is 7.83. The minimum absolute atomic E-state index is 0. The van der Waals surface area contributed by atoms with Crippen LogP contribution in [0.25, 0.3) is 4.72 Å². The number of sulfonamides is 1. The Bertz CT molecular complexity index is 816. The average Bonchev–Trinajstić information content (AvgIpc) is 3.25. The Morgan fingerprint density at radius 2 is 1.68 bits per heavy atom. The third-order valence-corrected chi connectivity index (χ3v) is 7.55. The molecule has 2 aliphatic carbocycles. The van der Waals surface area contributed by atoms with Gasteiger partial charge in [-0.2, -0.15) is 0 Å². The third-order valence-electron chi connectivity index (χ3n) is 6.21. The Morgan fingerprint density at radius 3 is 2.25 bits per heavy atom. The first-order valence-corrected chi connectivity index (χ1v) is 11.6. The van der Waals surface area contributed by atoms with E-state index in [2.05, 4.69) is 21.0 Å². The van der Waals surface area contributed by atoms with Crippen molar-refractivity contribution in [1.29, 1.82) is 0 Å². The molecule has 8 heteroatoms. The summed E-state index contributed by atoms with van der Waals surface area (Å²) in [5.41, 5.74) is 5.83. The van der Waals surface area contributed by atoms with Gasteiger partial charge in [-0.05, 0) is 105 Å². The van der Waals surface area contributed by atoms with Crippen molar-refractivity contribution in [1.82, 2.24) is 4.90 Å². The Morgan fingerprint density at radius 1 is 1.11 bits per heavy atom. The molecule has 28 heavy (non-hydrogen) atoms. The van der Waals surface area contributed by atoms with Gasteiger partial charge in [0, 0.05) is 0 Å². The first kappa shape index (κ1) is 22.7. The molecular formula is C20H28KN3O3S. The van der Waals surface area contributed by atoms with E-state index in [1.165, 1.54) is 22.3 Å². The second-order valence-electron chi connectivity index (χ2n) is 8.25. The van der Waals surface area contributed by atoms with Crippen molar-refractivity contribution in [3.8, 4) is 0 Å². The second-order valence-corrected chi connectivity index (χ2v) is 9.93. The van der Waals surface area contributed by atoms with E-state index in [1.54, 1.807) is 0 Å². The number of carbonyl (C=O) groups excluding carboxylic acids is 1. The molecule has 1 saturated heterocycles. The molecule has 0 radical (unpaired) electrons. The van der Waals surface area contributed by atoms with E-state index >= 15 is 0 Å². The van der Waals surface area contributed by atoms with Crippen molar-refractivity contribution < 1.29 is 64.6 Å². The number of aryl methyl sites for hydroxylation is 2. The van der Waals surface area contributed by atoms with Gasteiger partial charge in [-0.1, -0.05) is 6.07 Å². The number of likely N-dealkylation sites (tertiary alicyclic amines) is 1. The van der Waals surface area contributed by atoms with E-state index in [-0.39, 0.29) is 63.1 Å². The zero-order valence-electron chi connectivity index (χ0n) is 17.0. The van der Waals surface area contributed by atoms with Crippen LogP contribution in [0.5, 0.6) is 0 Å². The Kier molecular flexibility index (Phi) is 7.67. The van der Waals surface area contributed by atoms with Crippen LogP contribution < -0.4 is 56.7 Å². The normalized spacial score (nSPS) is 19.6. The summed E-state index contributed by atoms with van der Waals surface area (Å²) in [5, 5.41) is 2.85. The summed E-state index contributed by atoms with van der Waals surface area (Å²) >= 11 is 0. The summed E-state index contributed by atoms with van der Waals surface area (Å²) in [6, 6.07) is 1.55. The fraction of sp³-hybridized carbons (Fsp3) is 0.650. The van der Waals surface area contributed by atoms with Crippen LogP contribution in [0.3, 0.4) is 0 Å². The van der Waals surface area contributed by atoms with Crippen LogP contribution in [0.1, 0.15) is 47.9 Å². The van der Waals surface area contributed by atoms with Gasteiger partial charge in [0.25, 0.3) is 0 Å². The maximum Gasteiger partial charge on any atom is 1.00 e. The van der Waals surface area contributed by atoms with E-state index in [1.807, 2.05) is 7.05 Å². The fourth-order valence-electron chi connectivity index (χ4n) is 4.79. The SMILES string of the molecule is CN1CCC(CS(=O)(=O)[N-]C(=O)Nc2c3c(cc4c2CCC4)CCC3)CC1.[K+]. The number of nitrogens with one attached hydrogen (secondary N) is 1. The first-order valence-electron chi connectivity index (χ1n) is 10.0. The minimum atomic E-state index is -3.75. The number of fused-ring (bicyclic) bond motifs is 2. The number of anilines is 1. The monoisotopic (exact) mass is 429 g/mol. The van der Waals surface area contributed by atoms with Gasteiger partial charge in [-0.3, -0.25) is 4.79 Å². The van der Waals surface area contributed by atoms with Crippen LogP contribution in [-0.4, -0.2) is 45.2 Å². The van der Waals surface area contributed by atoms with Crippen LogP contribution in [0, 0.1) is 5.92 Å². The van der Waals surface area contributed by atoms with Crippen LogP contribution in [0.4, 0.5) is 10.5 Å². The van der Waals surface area contributed by atoms with E-state index in [0.29, 0.717) is 0 Å². The molecule has 0 bridgehead atoms. The molecule has 1 N–H and O–H groups in total. The van der Waals surface area contributed by atoms with E-state index in [0.717, 1.165) is 70.1 Å². The zero-order valence-corrected chi connectivity index (χ0v) is 20.9. The predicted octanol–water partition coefficient (Wildman–Crippen LogP) is 0.245. The van der Waals surface area contributed by atoms with E-state index in [4.69, 9.17) is 0 Å². The minimum Gasteiger partial charge on any atom is -0.423 e. The molecule has 0 atom stereocenters. The number of hydrogen-bond donors (Lipinski definition) is 1. The third kappa shape index (κ3) is 5.20. The van der Waals surface area contributed by atoms with Gasteiger partial charge in [0.2, 0.25) is 0 Å². The number of hydrogen-bond acceptors (Lipinski definition) is 4. The number of piperidine rings is 1. The first-order chi connectivity index (χ1) is 12.9. The summed E-state index contributed by atoms with van der Waals surface area (Å²) in [6.45, 7) is 1.79. The molecule has 148 valence electrons.